The number of rotatable bonds is 2. The molecule has 2 N–H and O–H groups in total. The number of H-pyrrole nitrogens is 1. The van der Waals surface area contributed by atoms with Gasteiger partial charge in [0, 0.05) is 12.1 Å². The Morgan fingerprint density at radius 2 is 2.35 bits per heavy atom. The number of anilines is 1. The van der Waals surface area contributed by atoms with Crippen molar-refractivity contribution in [2.24, 2.45) is 0 Å². The van der Waals surface area contributed by atoms with E-state index < -0.39 is 0 Å². The Morgan fingerprint density at radius 3 is 3.24 bits per heavy atom. The van der Waals surface area contributed by atoms with E-state index in [1.807, 2.05) is 25.3 Å². The van der Waals surface area contributed by atoms with Crippen LogP contribution in [0.3, 0.4) is 0 Å². The van der Waals surface area contributed by atoms with E-state index in [9.17, 15) is 0 Å². The van der Waals surface area contributed by atoms with Gasteiger partial charge >= 0.3 is 0 Å². The van der Waals surface area contributed by atoms with Gasteiger partial charge in [0.05, 0.1) is 24.2 Å². The molecule has 0 saturated heterocycles. The number of hydrogen-bond acceptors (Lipinski definition) is 3. The van der Waals surface area contributed by atoms with Gasteiger partial charge in [0.1, 0.15) is 5.75 Å². The molecule has 1 aliphatic rings. The van der Waals surface area contributed by atoms with Gasteiger partial charge in [-0.1, -0.05) is 12.1 Å². The van der Waals surface area contributed by atoms with Crippen LogP contribution < -0.4 is 10.1 Å². The van der Waals surface area contributed by atoms with Gasteiger partial charge in [0.25, 0.3) is 0 Å². The monoisotopic (exact) mass is 229 g/mol. The zero-order chi connectivity index (χ0) is 11.7. The van der Waals surface area contributed by atoms with E-state index in [-0.39, 0.29) is 0 Å². The van der Waals surface area contributed by atoms with Crippen molar-refractivity contribution in [3.8, 4) is 17.0 Å². The van der Waals surface area contributed by atoms with E-state index in [1.165, 1.54) is 5.56 Å². The van der Waals surface area contributed by atoms with Crippen LogP contribution in [0.5, 0.6) is 5.75 Å². The molecule has 0 fully saturated rings. The molecular weight excluding hydrogens is 214 g/mol. The van der Waals surface area contributed by atoms with Gasteiger partial charge in [-0.25, -0.2) is 0 Å². The average Bonchev–Trinajstić information content (AvgIpc) is 2.73. The highest BCUT2D eigenvalue weighted by Gasteiger charge is 2.18. The van der Waals surface area contributed by atoms with Crippen molar-refractivity contribution < 1.29 is 4.74 Å². The second-order valence-corrected chi connectivity index (χ2v) is 4.06. The number of aromatic nitrogens is 2. The van der Waals surface area contributed by atoms with E-state index in [1.54, 1.807) is 0 Å². The summed E-state index contributed by atoms with van der Waals surface area (Å²) in [6, 6.07) is 6.10. The number of hydrogen-bond donors (Lipinski definition) is 2. The Labute approximate surface area is 100 Å². The van der Waals surface area contributed by atoms with E-state index in [4.69, 9.17) is 4.74 Å². The predicted octanol–water partition coefficient (Wildman–Crippen LogP) is 2.44. The van der Waals surface area contributed by atoms with Gasteiger partial charge in [-0.3, -0.25) is 5.10 Å². The number of benzene rings is 1. The third kappa shape index (κ3) is 1.65. The molecule has 0 amide bonds. The first kappa shape index (κ1) is 10.2. The molecule has 4 heteroatoms. The molecule has 0 bridgehead atoms. The molecule has 88 valence electrons. The van der Waals surface area contributed by atoms with Crippen molar-refractivity contribution in [1.82, 2.24) is 10.2 Å². The molecule has 17 heavy (non-hydrogen) atoms. The summed E-state index contributed by atoms with van der Waals surface area (Å²) in [4.78, 5) is 0. The lowest BCUT2D eigenvalue weighted by Crippen LogP contribution is -2.04. The van der Waals surface area contributed by atoms with Gasteiger partial charge < -0.3 is 10.1 Å². The predicted molar refractivity (Wildman–Crippen MR) is 67.4 cm³/mol. The number of nitrogens with zero attached hydrogens (tertiary/aromatic N) is 1. The van der Waals surface area contributed by atoms with Crippen LogP contribution in [0, 0.1) is 0 Å². The molecule has 0 atom stereocenters. The van der Waals surface area contributed by atoms with Crippen molar-refractivity contribution in [3.63, 3.8) is 0 Å². The summed E-state index contributed by atoms with van der Waals surface area (Å²) in [5, 5.41) is 10.6. The third-order valence-electron chi connectivity index (χ3n) is 3.01. The topological polar surface area (TPSA) is 49.9 Å². The molecule has 0 saturated carbocycles. The van der Waals surface area contributed by atoms with Gasteiger partial charge in [-0.05, 0) is 25.0 Å². The zero-order valence-electron chi connectivity index (χ0n) is 9.79. The van der Waals surface area contributed by atoms with E-state index in [0.717, 1.165) is 35.7 Å². The highest BCUT2D eigenvalue weighted by atomic mass is 16.5. The van der Waals surface area contributed by atoms with Gasteiger partial charge in [0.2, 0.25) is 0 Å². The fourth-order valence-electron chi connectivity index (χ4n) is 2.25. The molecule has 3 rings (SSSR count). The van der Waals surface area contributed by atoms with Crippen LogP contribution in [0.15, 0.2) is 24.4 Å². The molecule has 0 radical (unpaired) electrons. The summed E-state index contributed by atoms with van der Waals surface area (Å²) in [6.45, 7) is 3.58. The number of ether oxygens (including phenoxy) is 1. The number of para-hydroxylation sites is 1. The third-order valence-corrected chi connectivity index (χ3v) is 3.01. The maximum atomic E-state index is 5.65. The first-order valence-corrected chi connectivity index (χ1v) is 5.92. The maximum Gasteiger partial charge on any atom is 0.143 e. The second-order valence-electron chi connectivity index (χ2n) is 4.06. The highest BCUT2D eigenvalue weighted by molar-refractivity contribution is 5.82. The Kier molecular flexibility index (Phi) is 2.48. The summed E-state index contributed by atoms with van der Waals surface area (Å²) < 4.78 is 5.65. The lowest BCUT2D eigenvalue weighted by atomic mass is 10.1. The Morgan fingerprint density at radius 1 is 1.41 bits per heavy atom. The van der Waals surface area contributed by atoms with Crippen LogP contribution in [0.2, 0.25) is 0 Å². The SMILES string of the molecule is CCOc1cccc2c1NCCc1cn[nH]c1-2. The second kappa shape index (κ2) is 4.13. The minimum atomic E-state index is 0.675. The molecule has 0 unspecified atom stereocenters. The Bertz CT molecular complexity index is 533. The van der Waals surface area contributed by atoms with Crippen LogP contribution >= 0.6 is 0 Å². The largest absolute Gasteiger partial charge is 0.492 e. The normalized spacial score (nSPS) is 13.2. The number of fused-ring (bicyclic) bond motifs is 3. The lowest BCUT2D eigenvalue weighted by molar-refractivity contribution is 0.342. The zero-order valence-corrected chi connectivity index (χ0v) is 9.79. The molecule has 1 aromatic carbocycles. The average molecular weight is 229 g/mol. The smallest absolute Gasteiger partial charge is 0.143 e. The summed E-state index contributed by atoms with van der Waals surface area (Å²) in [7, 11) is 0. The number of nitrogens with one attached hydrogen (secondary N) is 2. The quantitative estimate of drug-likeness (QED) is 0.831. The molecular formula is C13H15N3O. The maximum absolute atomic E-state index is 5.65. The lowest BCUT2D eigenvalue weighted by Gasteiger charge is -2.13. The first-order valence-electron chi connectivity index (χ1n) is 5.92. The fraction of sp³-hybridized carbons (Fsp3) is 0.308. The van der Waals surface area contributed by atoms with Crippen molar-refractivity contribution in [2.75, 3.05) is 18.5 Å². The summed E-state index contributed by atoms with van der Waals surface area (Å²) in [5.41, 5.74) is 4.56. The van der Waals surface area contributed by atoms with Crippen LogP contribution in [-0.4, -0.2) is 23.3 Å². The highest BCUT2D eigenvalue weighted by Crippen LogP contribution is 2.38. The summed E-state index contributed by atoms with van der Waals surface area (Å²) in [6.07, 6.45) is 2.88. The molecule has 1 aromatic heterocycles. The molecule has 0 aliphatic carbocycles. The van der Waals surface area contributed by atoms with Crippen molar-refractivity contribution in [1.29, 1.82) is 0 Å². The molecule has 0 spiro atoms. The Balaban J connectivity index is 2.17. The molecule has 2 heterocycles. The molecule has 2 aromatic rings. The van der Waals surface area contributed by atoms with Crippen LogP contribution in [-0.2, 0) is 6.42 Å². The van der Waals surface area contributed by atoms with Gasteiger partial charge in [-0.15, -0.1) is 0 Å². The van der Waals surface area contributed by atoms with E-state index >= 15 is 0 Å². The Hall–Kier alpha value is -1.97. The molecule has 1 aliphatic heterocycles. The van der Waals surface area contributed by atoms with Crippen molar-refractivity contribution in [2.45, 2.75) is 13.3 Å². The van der Waals surface area contributed by atoms with Crippen LogP contribution in [0.25, 0.3) is 11.3 Å². The fourth-order valence-corrected chi connectivity index (χ4v) is 2.25. The van der Waals surface area contributed by atoms with Crippen molar-refractivity contribution in [3.05, 3.63) is 30.0 Å². The standard InChI is InChI=1S/C13H15N3O/c1-2-17-11-5-3-4-10-12-9(8-15-16-12)6-7-14-13(10)11/h3-5,8,14H,2,6-7H2,1H3,(H,15,16). The van der Waals surface area contributed by atoms with Crippen LogP contribution in [0.4, 0.5) is 5.69 Å². The minimum Gasteiger partial charge on any atom is -0.492 e. The van der Waals surface area contributed by atoms with E-state index in [2.05, 4.69) is 21.6 Å². The van der Waals surface area contributed by atoms with Gasteiger partial charge in [-0.2, -0.15) is 5.10 Å². The molecule has 4 nitrogen and oxygen atoms in total. The minimum absolute atomic E-state index is 0.675. The summed E-state index contributed by atoms with van der Waals surface area (Å²) in [5.74, 6) is 0.910. The van der Waals surface area contributed by atoms with Crippen LogP contribution in [0.1, 0.15) is 12.5 Å². The van der Waals surface area contributed by atoms with E-state index in [0.29, 0.717) is 6.61 Å². The first-order chi connectivity index (χ1) is 8.40. The summed E-state index contributed by atoms with van der Waals surface area (Å²) >= 11 is 0. The number of aromatic amines is 1. The van der Waals surface area contributed by atoms with Crippen molar-refractivity contribution >= 4 is 5.69 Å². The van der Waals surface area contributed by atoms with Gasteiger partial charge in [0.15, 0.2) is 0 Å².